The van der Waals surface area contributed by atoms with Crippen LogP contribution in [0.5, 0.6) is 5.75 Å². The summed E-state index contributed by atoms with van der Waals surface area (Å²) in [5, 5.41) is 8.91. The fourth-order valence-corrected chi connectivity index (χ4v) is 3.91. The fraction of sp³-hybridized carbons (Fsp3) is 0.348. The van der Waals surface area contributed by atoms with E-state index in [0.717, 1.165) is 28.1 Å². The van der Waals surface area contributed by atoms with Gasteiger partial charge in [0.15, 0.2) is 0 Å². The summed E-state index contributed by atoms with van der Waals surface area (Å²) in [7, 11) is 3.22. The van der Waals surface area contributed by atoms with Crippen LogP contribution in [0.2, 0.25) is 0 Å². The number of ether oxygens (including phenoxy) is 2. The van der Waals surface area contributed by atoms with Crippen LogP contribution in [0.15, 0.2) is 47.6 Å². The maximum Gasteiger partial charge on any atom is 0.337 e. The van der Waals surface area contributed by atoms with Gasteiger partial charge in [0.1, 0.15) is 12.4 Å². The molecule has 1 fully saturated rings. The molecule has 0 radical (unpaired) electrons. The number of hydrogen-bond donors (Lipinski definition) is 1. The van der Waals surface area contributed by atoms with Gasteiger partial charge in [0.2, 0.25) is 0 Å². The minimum Gasteiger partial charge on any atom is -0.497 e. The zero-order chi connectivity index (χ0) is 22.0. The Morgan fingerprint density at radius 2 is 2.00 bits per heavy atom. The third-order valence-electron chi connectivity index (χ3n) is 5.57. The number of nitrogens with zero attached hydrogens (tertiary/aromatic N) is 3. The first-order valence-corrected chi connectivity index (χ1v) is 10.3. The van der Waals surface area contributed by atoms with Crippen LogP contribution in [0.4, 0.5) is 10.5 Å². The summed E-state index contributed by atoms with van der Waals surface area (Å²) in [5.74, 6) is 0.670. The number of hydrazone groups is 1. The molecule has 3 amide bonds. The quantitative estimate of drug-likeness (QED) is 0.823. The highest BCUT2D eigenvalue weighted by molar-refractivity contribution is 6.14. The Morgan fingerprint density at radius 3 is 2.68 bits per heavy atom. The molecule has 2 aromatic rings. The van der Waals surface area contributed by atoms with Crippen molar-refractivity contribution in [2.75, 3.05) is 38.8 Å². The van der Waals surface area contributed by atoms with Gasteiger partial charge in [-0.05, 0) is 43.2 Å². The molecule has 8 nitrogen and oxygen atoms in total. The highest BCUT2D eigenvalue weighted by Crippen LogP contribution is 2.28. The predicted octanol–water partition coefficient (Wildman–Crippen LogP) is 2.40. The van der Waals surface area contributed by atoms with Gasteiger partial charge >= 0.3 is 6.03 Å². The van der Waals surface area contributed by atoms with Gasteiger partial charge in [0.25, 0.3) is 5.91 Å². The molecule has 2 aliphatic heterocycles. The van der Waals surface area contributed by atoms with Crippen LogP contribution in [0.3, 0.4) is 0 Å². The highest BCUT2D eigenvalue weighted by atomic mass is 16.5. The summed E-state index contributed by atoms with van der Waals surface area (Å²) in [5.41, 5.74) is 4.36. The molecule has 2 heterocycles. The van der Waals surface area contributed by atoms with Crippen LogP contribution in [-0.2, 0) is 16.0 Å². The van der Waals surface area contributed by atoms with Gasteiger partial charge in [-0.2, -0.15) is 5.10 Å². The molecule has 0 aliphatic carbocycles. The second-order valence-electron chi connectivity index (χ2n) is 7.57. The number of fused-ring (bicyclic) bond motifs is 1. The normalized spacial score (nSPS) is 18.7. The molecule has 1 unspecified atom stereocenters. The first-order chi connectivity index (χ1) is 15.0. The maximum atomic E-state index is 12.5. The van der Waals surface area contributed by atoms with E-state index in [4.69, 9.17) is 14.6 Å². The van der Waals surface area contributed by atoms with Gasteiger partial charge in [-0.1, -0.05) is 18.2 Å². The van der Waals surface area contributed by atoms with Crippen molar-refractivity contribution in [2.45, 2.75) is 19.4 Å². The molecular formula is C23H26N4O4. The third kappa shape index (κ3) is 4.11. The molecule has 0 bridgehead atoms. The summed E-state index contributed by atoms with van der Waals surface area (Å²) in [6, 6.07) is 13.2. The number of carbonyl (C=O) groups is 2. The lowest BCUT2D eigenvalue weighted by molar-refractivity contribution is -0.125. The first-order valence-electron chi connectivity index (χ1n) is 10.3. The van der Waals surface area contributed by atoms with Crippen molar-refractivity contribution < 1.29 is 19.1 Å². The van der Waals surface area contributed by atoms with Gasteiger partial charge in [-0.25, -0.2) is 9.80 Å². The van der Waals surface area contributed by atoms with E-state index in [-0.39, 0.29) is 24.6 Å². The van der Waals surface area contributed by atoms with Crippen LogP contribution >= 0.6 is 0 Å². The Morgan fingerprint density at radius 1 is 1.23 bits per heavy atom. The van der Waals surface area contributed by atoms with E-state index in [0.29, 0.717) is 25.3 Å². The molecule has 0 saturated carbocycles. The first kappa shape index (κ1) is 20.9. The molecule has 8 heteroatoms. The monoisotopic (exact) mass is 422 g/mol. The molecular weight excluding hydrogens is 396 g/mol. The molecule has 0 aromatic heterocycles. The summed E-state index contributed by atoms with van der Waals surface area (Å²) in [6.07, 6.45) is 0.667. The summed E-state index contributed by atoms with van der Waals surface area (Å²) in [4.78, 5) is 26.4. The maximum absolute atomic E-state index is 12.5. The Bertz CT molecular complexity index is 1020. The zero-order valence-corrected chi connectivity index (χ0v) is 17.9. The SMILES string of the molecule is CNC(=O)N1N=C(c2ccc(N3CCOCC3=O)cc2)c2cc(OC)ccc2CC1C. The average Bonchev–Trinajstić information content (AvgIpc) is 2.94. The van der Waals surface area contributed by atoms with Crippen molar-refractivity contribution in [2.24, 2.45) is 5.10 Å². The van der Waals surface area contributed by atoms with E-state index in [9.17, 15) is 9.59 Å². The van der Waals surface area contributed by atoms with Crippen molar-refractivity contribution in [1.82, 2.24) is 10.3 Å². The summed E-state index contributed by atoms with van der Waals surface area (Å²) in [6.45, 7) is 3.12. The van der Waals surface area contributed by atoms with Crippen LogP contribution in [-0.4, -0.2) is 62.6 Å². The van der Waals surface area contributed by atoms with Gasteiger partial charge in [0, 0.05) is 30.4 Å². The lowest BCUT2D eigenvalue weighted by atomic mass is 9.94. The van der Waals surface area contributed by atoms with Crippen molar-refractivity contribution in [3.63, 3.8) is 0 Å². The molecule has 2 aromatic carbocycles. The van der Waals surface area contributed by atoms with E-state index in [1.807, 2.05) is 49.4 Å². The van der Waals surface area contributed by atoms with Gasteiger partial charge in [0.05, 0.1) is 25.5 Å². The number of benzene rings is 2. The largest absolute Gasteiger partial charge is 0.497 e. The number of rotatable bonds is 3. The molecule has 4 rings (SSSR count). The molecule has 31 heavy (non-hydrogen) atoms. The Balaban J connectivity index is 1.78. The van der Waals surface area contributed by atoms with Gasteiger partial charge in [-0.3, -0.25) is 4.79 Å². The van der Waals surface area contributed by atoms with Gasteiger partial charge < -0.3 is 19.7 Å². The van der Waals surface area contributed by atoms with E-state index in [2.05, 4.69) is 5.32 Å². The number of methoxy groups -OCH3 is 1. The molecule has 1 saturated heterocycles. The molecule has 1 atom stereocenters. The minimum absolute atomic E-state index is 0.0551. The zero-order valence-electron chi connectivity index (χ0n) is 17.9. The molecule has 2 aliphatic rings. The summed E-state index contributed by atoms with van der Waals surface area (Å²) < 4.78 is 10.7. The van der Waals surface area contributed by atoms with E-state index in [1.54, 1.807) is 19.1 Å². The van der Waals surface area contributed by atoms with Crippen molar-refractivity contribution in [1.29, 1.82) is 0 Å². The number of urea groups is 1. The van der Waals surface area contributed by atoms with Crippen LogP contribution in [0.1, 0.15) is 23.6 Å². The van der Waals surface area contributed by atoms with E-state index < -0.39 is 0 Å². The number of hydrogen-bond acceptors (Lipinski definition) is 5. The number of nitrogens with one attached hydrogen (secondary N) is 1. The van der Waals surface area contributed by atoms with Crippen LogP contribution in [0.25, 0.3) is 0 Å². The lowest BCUT2D eigenvalue weighted by Gasteiger charge is -2.27. The van der Waals surface area contributed by atoms with Crippen molar-refractivity contribution >= 4 is 23.3 Å². The van der Waals surface area contributed by atoms with E-state index in [1.165, 1.54) is 5.01 Å². The number of anilines is 1. The number of morpholine rings is 1. The Labute approximate surface area is 181 Å². The molecule has 162 valence electrons. The Hall–Kier alpha value is -3.39. The average molecular weight is 422 g/mol. The highest BCUT2D eigenvalue weighted by Gasteiger charge is 2.27. The number of carbonyl (C=O) groups excluding carboxylic acids is 2. The second kappa shape index (κ2) is 8.77. The number of amides is 3. The van der Waals surface area contributed by atoms with Crippen molar-refractivity contribution in [3.05, 3.63) is 59.2 Å². The van der Waals surface area contributed by atoms with Crippen molar-refractivity contribution in [3.8, 4) is 5.75 Å². The fourth-order valence-electron chi connectivity index (χ4n) is 3.91. The molecule has 0 spiro atoms. The van der Waals surface area contributed by atoms with Crippen LogP contribution in [0, 0.1) is 0 Å². The second-order valence-corrected chi connectivity index (χ2v) is 7.57. The third-order valence-corrected chi connectivity index (χ3v) is 5.57. The summed E-state index contributed by atoms with van der Waals surface area (Å²) >= 11 is 0. The standard InChI is InChI=1S/C23H26N4O4/c1-15-12-17-6-9-19(30-3)13-20(17)22(25-27(15)23(29)24-2)16-4-7-18(8-5-16)26-10-11-31-14-21(26)28/h4-9,13,15H,10-12,14H2,1-3H3,(H,24,29). The van der Waals surface area contributed by atoms with Gasteiger partial charge in [-0.15, -0.1) is 0 Å². The molecule has 1 N–H and O–H groups in total. The smallest absolute Gasteiger partial charge is 0.337 e. The lowest BCUT2D eigenvalue weighted by Crippen LogP contribution is -2.41. The topological polar surface area (TPSA) is 83.5 Å². The van der Waals surface area contributed by atoms with E-state index >= 15 is 0 Å². The van der Waals surface area contributed by atoms with Crippen LogP contribution < -0.4 is 15.0 Å². The minimum atomic E-state index is -0.264. The Kier molecular flexibility index (Phi) is 5.90. The predicted molar refractivity (Wildman–Crippen MR) is 118 cm³/mol.